The summed E-state index contributed by atoms with van der Waals surface area (Å²) in [4.78, 5) is 14.7. The van der Waals surface area contributed by atoms with Crippen molar-refractivity contribution in [3.63, 3.8) is 0 Å². The number of aromatic nitrogens is 1. The number of likely N-dealkylation sites (tertiary alicyclic amines) is 1. The molecule has 0 spiro atoms. The van der Waals surface area contributed by atoms with Crippen LogP contribution < -0.4 is 5.56 Å². The summed E-state index contributed by atoms with van der Waals surface area (Å²) in [6.07, 6.45) is 3.50. The minimum atomic E-state index is 0.163. The molecule has 24 heavy (non-hydrogen) atoms. The van der Waals surface area contributed by atoms with Crippen molar-refractivity contribution in [2.24, 2.45) is 5.92 Å². The molecule has 2 aromatic rings. The summed E-state index contributed by atoms with van der Waals surface area (Å²) in [5.74, 6) is 1.09. The standard InChI is InChI=1S/C21H24N2O/c1-16(10-17-6-3-2-4-7-17)12-22-13-18-11-19(15-22)20-8-5-9-21(24)23(20)14-18/h2-10,18-19H,11-15H2,1H3/b16-10+/t18-,19+/m0/s1. The smallest absolute Gasteiger partial charge is 0.250 e. The topological polar surface area (TPSA) is 25.2 Å². The van der Waals surface area contributed by atoms with Gasteiger partial charge in [0.25, 0.3) is 5.56 Å². The van der Waals surface area contributed by atoms with Crippen LogP contribution in [-0.2, 0) is 6.54 Å². The van der Waals surface area contributed by atoms with Crippen molar-refractivity contribution in [2.75, 3.05) is 19.6 Å². The molecule has 0 radical (unpaired) electrons. The van der Waals surface area contributed by atoms with E-state index in [1.807, 2.05) is 10.6 Å². The van der Waals surface area contributed by atoms with Crippen LogP contribution in [0.15, 0.2) is 58.9 Å². The summed E-state index contributed by atoms with van der Waals surface area (Å²) >= 11 is 0. The molecule has 0 saturated carbocycles. The predicted octanol–water partition coefficient (Wildman–Crippen LogP) is 3.37. The second-order valence-corrected chi connectivity index (χ2v) is 7.29. The van der Waals surface area contributed by atoms with Crippen LogP contribution in [0.5, 0.6) is 0 Å². The molecule has 124 valence electrons. The Morgan fingerprint density at radius 1 is 1.08 bits per heavy atom. The quantitative estimate of drug-likeness (QED) is 0.866. The maximum absolute atomic E-state index is 12.1. The fourth-order valence-corrected chi connectivity index (χ4v) is 4.36. The Bertz CT molecular complexity index is 806. The minimum Gasteiger partial charge on any atom is -0.312 e. The number of piperidine rings is 1. The van der Waals surface area contributed by atoms with Gasteiger partial charge in [0.05, 0.1) is 0 Å². The Morgan fingerprint density at radius 3 is 2.75 bits per heavy atom. The van der Waals surface area contributed by atoms with Gasteiger partial charge in [0.2, 0.25) is 0 Å². The number of hydrogen-bond donors (Lipinski definition) is 0. The Morgan fingerprint density at radius 2 is 1.92 bits per heavy atom. The maximum atomic E-state index is 12.1. The summed E-state index contributed by atoms with van der Waals surface area (Å²) < 4.78 is 2.00. The van der Waals surface area contributed by atoms with Gasteiger partial charge in [0, 0.05) is 43.9 Å². The van der Waals surface area contributed by atoms with Gasteiger partial charge in [-0.15, -0.1) is 0 Å². The average Bonchev–Trinajstić information content (AvgIpc) is 2.56. The number of pyridine rings is 1. The molecule has 1 aromatic heterocycles. The number of hydrogen-bond acceptors (Lipinski definition) is 2. The lowest BCUT2D eigenvalue weighted by atomic mass is 9.83. The first-order chi connectivity index (χ1) is 11.7. The molecule has 3 nitrogen and oxygen atoms in total. The second kappa shape index (κ2) is 6.40. The lowest BCUT2D eigenvalue weighted by Gasteiger charge is -2.43. The summed E-state index contributed by atoms with van der Waals surface area (Å²) in [6, 6.07) is 16.3. The minimum absolute atomic E-state index is 0.163. The molecular formula is C21H24N2O. The average molecular weight is 320 g/mol. The molecule has 0 amide bonds. The third-order valence-electron chi connectivity index (χ3n) is 5.24. The van der Waals surface area contributed by atoms with Crippen molar-refractivity contribution in [3.8, 4) is 0 Å². The molecule has 1 saturated heterocycles. The normalized spacial score (nSPS) is 23.8. The molecule has 3 heteroatoms. The Kier molecular flexibility index (Phi) is 4.11. The zero-order valence-corrected chi connectivity index (χ0v) is 14.2. The summed E-state index contributed by atoms with van der Waals surface area (Å²) in [7, 11) is 0. The van der Waals surface area contributed by atoms with E-state index in [2.05, 4.69) is 54.3 Å². The van der Waals surface area contributed by atoms with E-state index in [4.69, 9.17) is 0 Å². The van der Waals surface area contributed by atoms with E-state index >= 15 is 0 Å². The Balaban J connectivity index is 1.50. The number of benzene rings is 1. The predicted molar refractivity (Wildman–Crippen MR) is 98.1 cm³/mol. The highest BCUT2D eigenvalue weighted by Crippen LogP contribution is 2.35. The highest BCUT2D eigenvalue weighted by Gasteiger charge is 2.34. The van der Waals surface area contributed by atoms with Crippen LogP contribution in [0.1, 0.15) is 30.5 Å². The fourth-order valence-electron chi connectivity index (χ4n) is 4.36. The van der Waals surface area contributed by atoms with Crippen LogP contribution in [0.2, 0.25) is 0 Å². The third kappa shape index (κ3) is 3.09. The van der Waals surface area contributed by atoms with Gasteiger partial charge in [-0.3, -0.25) is 9.69 Å². The van der Waals surface area contributed by atoms with Gasteiger partial charge in [-0.2, -0.15) is 0 Å². The first kappa shape index (κ1) is 15.4. The van der Waals surface area contributed by atoms with Crippen molar-refractivity contribution < 1.29 is 0 Å². The molecule has 3 heterocycles. The van der Waals surface area contributed by atoms with Gasteiger partial charge in [0.1, 0.15) is 0 Å². The van der Waals surface area contributed by atoms with Crippen molar-refractivity contribution in [1.82, 2.24) is 9.47 Å². The zero-order valence-electron chi connectivity index (χ0n) is 14.2. The number of nitrogens with zero attached hydrogens (tertiary/aromatic N) is 2. The fraction of sp³-hybridized carbons (Fsp3) is 0.381. The van der Waals surface area contributed by atoms with Gasteiger partial charge in [0.15, 0.2) is 0 Å². The first-order valence-electron chi connectivity index (χ1n) is 8.83. The van der Waals surface area contributed by atoms with Crippen LogP contribution in [0.3, 0.4) is 0 Å². The molecule has 0 unspecified atom stereocenters. The maximum Gasteiger partial charge on any atom is 0.250 e. The molecule has 1 aromatic carbocycles. The van der Waals surface area contributed by atoms with Gasteiger partial charge >= 0.3 is 0 Å². The van der Waals surface area contributed by atoms with Gasteiger partial charge in [-0.25, -0.2) is 0 Å². The zero-order chi connectivity index (χ0) is 16.5. The molecule has 0 N–H and O–H groups in total. The van der Waals surface area contributed by atoms with E-state index in [1.165, 1.54) is 23.3 Å². The van der Waals surface area contributed by atoms with Crippen molar-refractivity contribution in [2.45, 2.75) is 25.8 Å². The van der Waals surface area contributed by atoms with Crippen LogP contribution in [0.25, 0.3) is 6.08 Å². The van der Waals surface area contributed by atoms with Crippen molar-refractivity contribution in [3.05, 3.63) is 75.7 Å². The van der Waals surface area contributed by atoms with E-state index in [-0.39, 0.29) is 5.56 Å². The second-order valence-electron chi connectivity index (χ2n) is 7.29. The Hall–Kier alpha value is -2.13. The molecule has 1 fully saturated rings. The Labute approximate surface area is 143 Å². The van der Waals surface area contributed by atoms with E-state index in [0.29, 0.717) is 11.8 Å². The SMILES string of the molecule is C/C(=C\c1ccccc1)CN1C[C@@H]2C[C@H](C1)c1cccc(=O)n1C2. The third-order valence-corrected chi connectivity index (χ3v) is 5.24. The lowest BCUT2D eigenvalue weighted by molar-refractivity contribution is 0.129. The highest BCUT2D eigenvalue weighted by atomic mass is 16.1. The number of rotatable bonds is 3. The van der Waals surface area contributed by atoms with E-state index in [1.54, 1.807) is 6.07 Å². The van der Waals surface area contributed by atoms with Gasteiger partial charge in [-0.1, -0.05) is 48.0 Å². The van der Waals surface area contributed by atoms with Gasteiger partial charge in [-0.05, 0) is 30.9 Å². The largest absolute Gasteiger partial charge is 0.312 e. The highest BCUT2D eigenvalue weighted by molar-refractivity contribution is 5.52. The summed E-state index contributed by atoms with van der Waals surface area (Å²) in [5.41, 5.74) is 4.06. The summed E-state index contributed by atoms with van der Waals surface area (Å²) in [6.45, 7) is 6.26. The monoisotopic (exact) mass is 320 g/mol. The molecule has 2 bridgehead atoms. The lowest BCUT2D eigenvalue weighted by Crippen LogP contribution is -2.47. The molecule has 2 atom stereocenters. The van der Waals surface area contributed by atoms with Crippen LogP contribution >= 0.6 is 0 Å². The molecule has 0 aliphatic carbocycles. The van der Waals surface area contributed by atoms with Crippen LogP contribution in [0.4, 0.5) is 0 Å². The molecular weight excluding hydrogens is 296 g/mol. The van der Waals surface area contributed by atoms with Crippen LogP contribution in [-0.4, -0.2) is 29.1 Å². The number of fused-ring (bicyclic) bond motifs is 4. The van der Waals surface area contributed by atoms with E-state index in [9.17, 15) is 4.79 Å². The van der Waals surface area contributed by atoms with E-state index < -0.39 is 0 Å². The van der Waals surface area contributed by atoms with Crippen molar-refractivity contribution in [1.29, 1.82) is 0 Å². The van der Waals surface area contributed by atoms with E-state index in [0.717, 1.165) is 26.2 Å². The molecule has 4 rings (SSSR count). The van der Waals surface area contributed by atoms with Crippen LogP contribution in [0, 0.1) is 5.92 Å². The molecule has 2 aliphatic heterocycles. The summed E-state index contributed by atoms with van der Waals surface area (Å²) in [5, 5.41) is 0. The first-order valence-corrected chi connectivity index (χ1v) is 8.83. The van der Waals surface area contributed by atoms with Crippen molar-refractivity contribution >= 4 is 6.08 Å². The van der Waals surface area contributed by atoms with Gasteiger partial charge < -0.3 is 4.57 Å². The molecule has 2 aliphatic rings.